The molecule has 0 fully saturated rings. The molecular weight excluding hydrogens is 258 g/mol. The zero-order valence-corrected chi connectivity index (χ0v) is 12.7. The van der Waals surface area contributed by atoms with Crippen LogP contribution in [0.4, 0.5) is 5.69 Å². The molecule has 0 radical (unpaired) electrons. The van der Waals surface area contributed by atoms with Crippen LogP contribution in [0.5, 0.6) is 0 Å². The van der Waals surface area contributed by atoms with Crippen LogP contribution in [-0.4, -0.2) is 19.4 Å². The minimum Gasteiger partial charge on any atom is -0.387 e. The van der Waals surface area contributed by atoms with Crippen molar-refractivity contribution in [3.63, 3.8) is 0 Å². The fourth-order valence-electron chi connectivity index (χ4n) is 2.43. The molecule has 0 saturated carbocycles. The number of amidine groups is 1. The number of nitrogens with one attached hydrogen (secondary N) is 1. The number of likely N-dealkylation sites (N-methyl/N-ethyl adjacent to an activating group) is 1. The Balaban J connectivity index is 2.14. The summed E-state index contributed by atoms with van der Waals surface area (Å²) in [7, 11) is 2.04. The van der Waals surface area contributed by atoms with Crippen LogP contribution < -0.4 is 10.6 Å². The summed E-state index contributed by atoms with van der Waals surface area (Å²) in [6, 6.07) is 18.6. The highest BCUT2D eigenvalue weighted by atomic mass is 15.1. The average molecular weight is 281 g/mol. The summed E-state index contributed by atoms with van der Waals surface area (Å²) in [5, 5.41) is 7.86. The van der Waals surface area contributed by atoms with Gasteiger partial charge >= 0.3 is 0 Å². The van der Waals surface area contributed by atoms with Gasteiger partial charge in [0.15, 0.2) is 0 Å². The average Bonchev–Trinajstić information content (AvgIpc) is 2.53. The third-order valence-electron chi connectivity index (χ3n) is 3.82. The molecule has 3 nitrogen and oxygen atoms in total. The molecule has 0 heterocycles. The van der Waals surface area contributed by atoms with Gasteiger partial charge in [0.1, 0.15) is 0 Å². The molecule has 0 aliphatic carbocycles. The lowest BCUT2D eigenvalue weighted by Crippen LogP contribution is -2.32. The van der Waals surface area contributed by atoms with E-state index in [1.54, 1.807) is 0 Å². The minimum atomic E-state index is -0.0814. The number of hydrogen-bond donors (Lipinski definition) is 2. The number of hydrogen-bond acceptors (Lipinski definition) is 2. The molecule has 3 N–H and O–H groups in total. The molecule has 0 spiro atoms. The molecule has 2 rings (SSSR count). The molecule has 0 amide bonds. The van der Waals surface area contributed by atoms with Crippen LogP contribution in [0.2, 0.25) is 0 Å². The van der Waals surface area contributed by atoms with E-state index in [2.05, 4.69) is 36.1 Å². The van der Waals surface area contributed by atoms with E-state index in [1.165, 1.54) is 5.56 Å². The molecule has 0 aromatic heterocycles. The Morgan fingerprint density at radius 3 is 2.24 bits per heavy atom. The van der Waals surface area contributed by atoms with E-state index in [9.17, 15) is 0 Å². The van der Waals surface area contributed by atoms with Gasteiger partial charge in [-0.3, -0.25) is 5.41 Å². The predicted octanol–water partition coefficient (Wildman–Crippen LogP) is 3.40. The van der Waals surface area contributed by atoms with Gasteiger partial charge < -0.3 is 10.6 Å². The summed E-state index contributed by atoms with van der Waals surface area (Å²) in [4.78, 5) is 2.15. The maximum Gasteiger partial charge on any atom is 0.1000 e. The third-order valence-corrected chi connectivity index (χ3v) is 3.82. The first-order valence-electron chi connectivity index (χ1n) is 7.30. The zero-order valence-electron chi connectivity index (χ0n) is 12.7. The van der Waals surface area contributed by atoms with Crippen molar-refractivity contribution in [1.82, 2.24) is 0 Å². The number of nitrogens with zero attached hydrogens (tertiary/aromatic N) is 1. The van der Waals surface area contributed by atoms with Gasteiger partial charge in [-0.15, -0.1) is 0 Å². The molecule has 3 heteroatoms. The highest BCUT2D eigenvalue weighted by Gasteiger charge is 2.17. The lowest BCUT2D eigenvalue weighted by molar-refractivity contribution is 0.812. The summed E-state index contributed by atoms with van der Waals surface area (Å²) < 4.78 is 0. The molecule has 0 saturated heterocycles. The molecule has 0 bridgehead atoms. The van der Waals surface area contributed by atoms with E-state index in [1.807, 2.05) is 37.4 Å². The first-order chi connectivity index (χ1) is 10.1. The second-order valence-electron chi connectivity index (χ2n) is 5.32. The number of benzene rings is 2. The van der Waals surface area contributed by atoms with E-state index >= 15 is 0 Å². The van der Waals surface area contributed by atoms with E-state index in [-0.39, 0.29) is 11.8 Å². The van der Waals surface area contributed by atoms with Gasteiger partial charge in [-0.2, -0.15) is 0 Å². The van der Waals surface area contributed by atoms with Crippen LogP contribution in [-0.2, 0) is 6.42 Å². The Labute approximate surface area is 126 Å². The smallest absolute Gasteiger partial charge is 0.1000 e. The van der Waals surface area contributed by atoms with Crippen molar-refractivity contribution in [3.8, 4) is 0 Å². The Hall–Kier alpha value is -2.29. The Morgan fingerprint density at radius 1 is 1.10 bits per heavy atom. The van der Waals surface area contributed by atoms with Crippen LogP contribution in [0.1, 0.15) is 24.0 Å². The molecule has 0 aliphatic rings. The van der Waals surface area contributed by atoms with Crippen LogP contribution in [0.25, 0.3) is 0 Å². The van der Waals surface area contributed by atoms with Crippen molar-refractivity contribution >= 4 is 11.5 Å². The summed E-state index contributed by atoms with van der Waals surface area (Å²) >= 11 is 0. The van der Waals surface area contributed by atoms with Gasteiger partial charge in [0, 0.05) is 19.3 Å². The van der Waals surface area contributed by atoms with Gasteiger partial charge in [0.25, 0.3) is 0 Å². The SMILES string of the molecule is CCc1ccc(N(C)CC(C(=N)N)c2ccccc2)cc1. The van der Waals surface area contributed by atoms with Crippen molar-refractivity contribution in [2.24, 2.45) is 5.73 Å². The summed E-state index contributed by atoms with van der Waals surface area (Å²) in [5.74, 6) is 0.125. The molecule has 21 heavy (non-hydrogen) atoms. The van der Waals surface area contributed by atoms with Crippen LogP contribution >= 0.6 is 0 Å². The first-order valence-corrected chi connectivity index (χ1v) is 7.30. The van der Waals surface area contributed by atoms with Crippen molar-refractivity contribution < 1.29 is 0 Å². The molecule has 2 aromatic carbocycles. The second kappa shape index (κ2) is 6.93. The van der Waals surface area contributed by atoms with Gasteiger partial charge in [-0.25, -0.2) is 0 Å². The summed E-state index contributed by atoms with van der Waals surface area (Å²) in [6.45, 7) is 2.85. The number of rotatable bonds is 6. The number of aryl methyl sites for hydroxylation is 1. The highest BCUT2D eigenvalue weighted by Crippen LogP contribution is 2.21. The normalized spacial score (nSPS) is 11.9. The minimum absolute atomic E-state index is 0.0814. The lowest BCUT2D eigenvalue weighted by Gasteiger charge is -2.25. The monoisotopic (exact) mass is 281 g/mol. The van der Waals surface area contributed by atoms with Gasteiger partial charge in [-0.1, -0.05) is 49.4 Å². The topological polar surface area (TPSA) is 53.1 Å². The number of nitrogens with two attached hydrogens (primary N) is 1. The zero-order chi connectivity index (χ0) is 15.2. The fourth-order valence-corrected chi connectivity index (χ4v) is 2.43. The molecule has 1 unspecified atom stereocenters. The van der Waals surface area contributed by atoms with Crippen LogP contribution in [0.15, 0.2) is 54.6 Å². The molecule has 110 valence electrons. The Morgan fingerprint density at radius 2 is 1.71 bits per heavy atom. The Bertz CT molecular complexity index is 575. The van der Waals surface area contributed by atoms with Crippen molar-refractivity contribution in [2.75, 3.05) is 18.5 Å². The quantitative estimate of drug-likeness (QED) is 0.630. The Kier molecular flexibility index (Phi) is 4.99. The molecular formula is C18H23N3. The highest BCUT2D eigenvalue weighted by molar-refractivity contribution is 5.85. The predicted molar refractivity (Wildman–Crippen MR) is 90.2 cm³/mol. The maximum atomic E-state index is 7.86. The molecule has 1 atom stereocenters. The fraction of sp³-hybridized carbons (Fsp3) is 0.278. The van der Waals surface area contributed by atoms with Crippen molar-refractivity contribution in [2.45, 2.75) is 19.3 Å². The maximum absolute atomic E-state index is 7.86. The van der Waals surface area contributed by atoms with Crippen LogP contribution in [0.3, 0.4) is 0 Å². The first kappa shape index (κ1) is 15.1. The third kappa shape index (κ3) is 3.85. The summed E-state index contributed by atoms with van der Waals surface area (Å²) in [5.41, 5.74) is 9.36. The molecule has 2 aromatic rings. The largest absolute Gasteiger partial charge is 0.387 e. The van der Waals surface area contributed by atoms with Crippen molar-refractivity contribution in [1.29, 1.82) is 5.41 Å². The van der Waals surface area contributed by atoms with Gasteiger partial charge in [0.05, 0.1) is 11.8 Å². The van der Waals surface area contributed by atoms with Gasteiger partial charge in [-0.05, 0) is 29.7 Å². The van der Waals surface area contributed by atoms with Crippen LogP contribution in [0, 0.1) is 5.41 Å². The van der Waals surface area contributed by atoms with Crippen molar-refractivity contribution in [3.05, 3.63) is 65.7 Å². The molecule has 0 aliphatic heterocycles. The number of anilines is 1. The van der Waals surface area contributed by atoms with E-state index in [0.717, 1.165) is 17.7 Å². The van der Waals surface area contributed by atoms with E-state index < -0.39 is 0 Å². The van der Waals surface area contributed by atoms with E-state index in [4.69, 9.17) is 11.1 Å². The summed E-state index contributed by atoms with van der Waals surface area (Å²) in [6.07, 6.45) is 1.05. The van der Waals surface area contributed by atoms with Gasteiger partial charge in [0.2, 0.25) is 0 Å². The van der Waals surface area contributed by atoms with E-state index in [0.29, 0.717) is 6.54 Å². The second-order valence-corrected chi connectivity index (χ2v) is 5.32. The standard InChI is InChI=1S/C18H23N3/c1-3-14-9-11-16(12-10-14)21(2)13-17(18(19)20)15-7-5-4-6-8-15/h4-12,17H,3,13H2,1-2H3,(H3,19,20). The lowest BCUT2D eigenvalue weighted by atomic mass is 9.97.